The van der Waals surface area contributed by atoms with Crippen LogP contribution in [0.5, 0.6) is 0 Å². The fraction of sp³-hybridized carbons (Fsp3) is 0.750. The van der Waals surface area contributed by atoms with Gasteiger partial charge in [0.05, 0.1) is 12.3 Å². The van der Waals surface area contributed by atoms with Crippen molar-refractivity contribution >= 4 is 0 Å². The maximum atomic E-state index is 5.45. The van der Waals surface area contributed by atoms with E-state index in [1.54, 1.807) is 0 Å². The largest absolute Gasteiger partial charge is 0.381 e. The van der Waals surface area contributed by atoms with Crippen molar-refractivity contribution in [1.82, 2.24) is 15.1 Å². The first-order valence-electron chi connectivity index (χ1n) is 5.95. The van der Waals surface area contributed by atoms with Gasteiger partial charge in [0.2, 0.25) is 0 Å². The molecule has 1 aromatic heterocycles. The zero-order valence-electron chi connectivity index (χ0n) is 10.4. The van der Waals surface area contributed by atoms with Crippen LogP contribution in [-0.2, 0) is 18.2 Å². The van der Waals surface area contributed by atoms with E-state index in [0.717, 1.165) is 25.3 Å². The first-order valence-corrected chi connectivity index (χ1v) is 5.95. The van der Waals surface area contributed by atoms with E-state index in [9.17, 15) is 0 Å². The van der Waals surface area contributed by atoms with Crippen LogP contribution in [0.15, 0.2) is 6.07 Å². The molecule has 2 atom stereocenters. The van der Waals surface area contributed by atoms with Crippen molar-refractivity contribution in [3.05, 3.63) is 17.5 Å². The van der Waals surface area contributed by atoms with E-state index in [2.05, 4.69) is 16.5 Å². The lowest BCUT2D eigenvalue weighted by Crippen LogP contribution is -2.36. The zero-order chi connectivity index (χ0) is 11.5. The Morgan fingerprint density at radius 2 is 2.50 bits per heavy atom. The lowest BCUT2D eigenvalue weighted by atomic mass is 9.95. The number of nitrogens with one attached hydrogen (secondary N) is 1. The number of nitrogens with zero attached hydrogens (tertiary/aromatic N) is 2. The van der Waals surface area contributed by atoms with Gasteiger partial charge in [-0.3, -0.25) is 4.68 Å². The summed E-state index contributed by atoms with van der Waals surface area (Å²) in [6, 6.07) is 2.66. The fourth-order valence-corrected chi connectivity index (χ4v) is 2.46. The van der Waals surface area contributed by atoms with Crippen LogP contribution in [0, 0.1) is 12.8 Å². The van der Waals surface area contributed by atoms with Gasteiger partial charge in [-0.15, -0.1) is 0 Å². The molecule has 2 rings (SSSR count). The highest BCUT2D eigenvalue weighted by Gasteiger charge is 2.25. The summed E-state index contributed by atoms with van der Waals surface area (Å²) in [5.74, 6) is 0.639. The fourth-order valence-electron chi connectivity index (χ4n) is 2.46. The maximum absolute atomic E-state index is 5.45. The molecule has 1 aromatic rings. The van der Waals surface area contributed by atoms with E-state index in [-0.39, 0.29) is 0 Å². The zero-order valence-corrected chi connectivity index (χ0v) is 10.4. The topological polar surface area (TPSA) is 39.1 Å². The standard InChI is InChI=1S/C12H21N3O/c1-9-6-11(15(3)14-9)7-12(13-2)10-4-5-16-8-10/h6,10,12-13H,4-5,7-8H2,1-3H3. The summed E-state index contributed by atoms with van der Waals surface area (Å²) >= 11 is 0. The minimum atomic E-state index is 0.497. The summed E-state index contributed by atoms with van der Waals surface area (Å²) in [5, 5.41) is 7.79. The Labute approximate surface area is 97.0 Å². The molecule has 1 N–H and O–H groups in total. The molecule has 0 amide bonds. The van der Waals surface area contributed by atoms with E-state index in [1.807, 2.05) is 25.7 Å². The Bertz CT molecular complexity index is 342. The monoisotopic (exact) mass is 223 g/mol. The van der Waals surface area contributed by atoms with Crippen LogP contribution in [0.25, 0.3) is 0 Å². The Hall–Kier alpha value is -0.870. The molecule has 16 heavy (non-hydrogen) atoms. The third-order valence-corrected chi connectivity index (χ3v) is 3.43. The van der Waals surface area contributed by atoms with E-state index in [4.69, 9.17) is 4.74 Å². The van der Waals surface area contributed by atoms with E-state index in [1.165, 1.54) is 12.1 Å². The number of hydrogen-bond donors (Lipinski definition) is 1. The van der Waals surface area contributed by atoms with Crippen LogP contribution in [0.1, 0.15) is 17.8 Å². The minimum absolute atomic E-state index is 0.497. The van der Waals surface area contributed by atoms with Crippen LogP contribution in [-0.4, -0.2) is 36.1 Å². The molecule has 0 radical (unpaired) electrons. The van der Waals surface area contributed by atoms with Gasteiger partial charge >= 0.3 is 0 Å². The molecular weight excluding hydrogens is 202 g/mol. The number of ether oxygens (including phenoxy) is 1. The average Bonchev–Trinajstić information content (AvgIpc) is 2.85. The molecule has 2 heterocycles. The summed E-state index contributed by atoms with van der Waals surface area (Å²) in [6.07, 6.45) is 2.20. The molecule has 1 aliphatic rings. The summed E-state index contributed by atoms with van der Waals surface area (Å²) in [5.41, 5.74) is 2.39. The van der Waals surface area contributed by atoms with Crippen LogP contribution in [0.4, 0.5) is 0 Å². The van der Waals surface area contributed by atoms with Gasteiger partial charge < -0.3 is 10.1 Å². The highest BCUT2D eigenvalue weighted by atomic mass is 16.5. The quantitative estimate of drug-likeness (QED) is 0.824. The molecule has 1 aliphatic heterocycles. The van der Waals surface area contributed by atoms with Gasteiger partial charge in [0.1, 0.15) is 0 Å². The van der Waals surface area contributed by atoms with Gasteiger partial charge in [-0.25, -0.2) is 0 Å². The van der Waals surface area contributed by atoms with Gasteiger partial charge in [0.15, 0.2) is 0 Å². The van der Waals surface area contributed by atoms with Crippen LogP contribution < -0.4 is 5.32 Å². The second kappa shape index (κ2) is 4.97. The second-order valence-electron chi connectivity index (χ2n) is 4.62. The van der Waals surface area contributed by atoms with Crippen LogP contribution in [0.3, 0.4) is 0 Å². The summed E-state index contributed by atoms with van der Waals surface area (Å²) in [7, 11) is 4.05. The normalized spacial score (nSPS) is 22.6. The number of aromatic nitrogens is 2. The smallest absolute Gasteiger partial charge is 0.0596 e. The first-order chi connectivity index (χ1) is 7.70. The molecule has 0 spiro atoms. The van der Waals surface area contributed by atoms with Crippen molar-refractivity contribution in [1.29, 1.82) is 0 Å². The molecule has 0 aromatic carbocycles. The number of aryl methyl sites for hydroxylation is 2. The predicted molar refractivity (Wildman–Crippen MR) is 63.4 cm³/mol. The molecule has 0 aliphatic carbocycles. The lowest BCUT2D eigenvalue weighted by Gasteiger charge is -2.21. The SMILES string of the molecule is CNC(Cc1cc(C)nn1C)C1CCOC1. The Kier molecular flexibility index (Phi) is 3.61. The number of likely N-dealkylation sites (N-methyl/N-ethyl adjacent to an activating group) is 1. The highest BCUT2D eigenvalue weighted by molar-refractivity contribution is 5.10. The minimum Gasteiger partial charge on any atom is -0.381 e. The lowest BCUT2D eigenvalue weighted by molar-refractivity contribution is 0.177. The molecule has 2 unspecified atom stereocenters. The van der Waals surface area contributed by atoms with E-state index >= 15 is 0 Å². The molecule has 0 saturated carbocycles. The molecule has 0 bridgehead atoms. The summed E-state index contributed by atoms with van der Waals surface area (Å²) < 4.78 is 7.43. The average molecular weight is 223 g/mol. The van der Waals surface area contributed by atoms with Gasteiger partial charge in [-0.05, 0) is 26.5 Å². The predicted octanol–water partition coefficient (Wildman–Crippen LogP) is 0.896. The Morgan fingerprint density at radius 3 is 3.00 bits per heavy atom. The molecule has 1 saturated heterocycles. The molecule has 90 valence electrons. The molecule has 4 nitrogen and oxygen atoms in total. The third-order valence-electron chi connectivity index (χ3n) is 3.43. The summed E-state index contributed by atoms with van der Waals surface area (Å²) in [4.78, 5) is 0. The van der Waals surface area contributed by atoms with E-state index in [0.29, 0.717) is 12.0 Å². The van der Waals surface area contributed by atoms with E-state index < -0.39 is 0 Å². The van der Waals surface area contributed by atoms with Gasteiger partial charge in [-0.1, -0.05) is 0 Å². The Balaban J connectivity index is 2.03. The van der Waals surface area contributed by atoms with Crippen molar-refractivity contribution in [2.24, 2.45) is 13.0 Å². The maximum Gasteiger partial charge on any atom is 0.0596 e. The molecule has 4 heteroatoms. The van der Waals surface area contributed by atoms with Gasteiger partial charge in [-0.2, -0.15) is 5.10 Å². The Morgan fingerprint density at radius 1 is 1.69 bits per heavy atom. The van der Waals surface area contributed by atoms with Crippen LogP contribution in [0.2, 0.25) is 0 Å². The first kappa shape index (κ1) is 11.6. The summed E-state index contributed by atoms with van der Waals surface area (Å²) in [6.45, 7) is 3.84. The van der Waals surface area contributed by atoms with Crippen molar-refractivity contribution in [3.63, 3.8) is 0 Å². The molecule has 1 fully saturated rings. The number of rotatable bonds is 4. The van der Waals surface area contributed by atoms with Gasteiger partial charge in [0, 0.05) is 37.7 Å². The van der Waals surface area contributed by atoms with Crippen LogP contribution >= 0.6 is 0 Å². The highest BCUT2D eigenvalue weighted by Crippen LogP contribution is 2.19. The molecular formula is C12H21N3O. The van der Waals surface area contributed by atoms with Crippen molar-refractivity contribution < 1.29 is 4.74 Å². The van der Waals surface area contributed by atoms with Crippen molar-refractivity contribution in [3.8, 4) is 0 Å². The second-order valence-corrected chi connectivity index (χ2v) is 4.62. The van der Waals surface area contributed by atoms with Crippen molar-refractivity contribution in [2.75, 3.05) is 20.3 Å². The van der Waals surface area contributed by atoms with Gasteiger partial charge in [0.25, 0.3) is 0 Å². The third kappa shape index (κ3) is 2.44. The van der Waals surface area contributed by atoms with Crippen molar-refractivity contribution in [2.45, 2.75) is 25.8 Å². The number of hydrogen-bond acceptors (Lipinski definition) is 3.